The smallest absolute Gasteiger partial charge is 0.303 e. The van der Waals surface area contributed by atoms with Gasteiger partial charge in [0.25, 0.3) is 0 Å². The number of para-hydroxylation sites is 1. The van der Waals surface area contributed by atoms with Gasteiger partial charge in [-0.25, -0.2) is 10.9 Å². The van der Waals surface area contributed by atoms with Crippen LogP contribution in [0.4, 0.5) is 5.69 Å². The summed E-state index contributed by atoms with van der Waals surface area (Å²) >= 11 is 0. The molecule has 1 aromatic rings. The normalized spacial score (nSPS) is 10.5. The molecule has 0 saturated carbocycles. The van der Waals surface area contributed by atoms with Crippen molar-refractivity contribution in [2.75, 3.05) is 12.0 Å². The summed E-state index contributed by atoms with van der Waals surface area (Å²) in [4.78, 5) is 15.4. The molecule has 0 bridgehead atoms. The van der Waals surface area contributed by atoms with Crippen molar-refractivity contribution in [3.63, 3.8) is 0 Å². The molecule has 0 spiro atoms. The Bertz CT molecular complexity index is 374. The fourth-order valence-corrected chi connectivity index (χ4v) is 1.87. The molecule has 0 fully saturated rings. The lowest BCUT2D eigenvalue weighted by molar-refractivity contribution is -0.137. The SMILES string of the molecule is O=C(O)CCCCCCCCNNONc1ccccc1. The molecule has 4 N–H and O–H groups in total. The van der Waals surface area contributed by atoms with Crippen molar-refractivity contribution in [2.45, 2.75) is 44.9 Å². The van der Waals surface area contributed by atoms with Gasteiger partial charge in [-0.3, -0.25) is 4.79 Å². The monoisotopic (exact) mass is 295 g/mol. The van der Waals surface area contributed by atoms with Crippen LogP contribution < -0.4 is 16.5 Å². The van der Waals surface area contributed by atoms with Crippen LogP contribution in [-0.4, -0.2) is 17.6 Å². The summed E-state index contributed by atoms with van der Waals surface area (Å²) < 4.78 is 0. The van der Waals surface area contributed by atoms with Gasteiger partial charge >= 0.3 is 5.97 Å². The maximum absolute atomic E-state index is 10.3. The number of carboxylic acid groups (broad SMARTS) is 1. The van der Waals surface area contributed by atoms with E-state index in [-0.39, 0.29) is 6.42 Å². The largest absolute Gasteiger partial charge is 0.481 e. The van der Waals surface area contributed by atoms with Crippen LogP contribution in [-0.2, 0) is 9.73 Å². The highest BCUT2D eigenvalue weighted by atomic mass is 16.8. The third-order valence-electron chi connectivity index (χ3n) is 3.01. The third kappa shape index (κ3) is 10.8. The van der Waals surface area contributed by atoms with Crippen LogP contribution in [0.5, 0.6) is 0 Å². The molecule has 0 heterocycles. The summed E-state index contributed by atoms with van der Waals surface area (Å²) in [5.41, 5.74) is 9.23. The lowest BCUT2D eigenvalue weighted by atomic mass is 10.1. The molecular formula is C15H25N3O3. The van der Waals surface area contributed by atoms with E-state index in [1.54, 1.807) is 0 Å². The van der Waals surface area contributed by atoms with Crippen molar-refractivity contribution in [3.05, 3.63) is 30.3 Å². The zero-order valence-electron chi connectivity index (χ0n) is 12.3. The number of unbranched alkanes of at least 4 members (excludes halogenated alkanes) is 5. The molecule has 6 nitrogen and oxygen atoms in total. The summed E-state index contributed by atoms with van der Waals surface area (Å²) in [5, 5.41) is 8.50. The maximum atomic E-state index is 10.3. The lowest BCUT2D eigenvalue weighted by Crippen LogP contribution is -2.34. The van der Waals surface area contributed by atoms with E-state index in [9.17, 15) is 4.79 Å². The number of hydrazine groups is 1. The van der Waals surface area contributed by atoms with Gasteiger partial charge in [0.2, 0.25) is 0 Å². The zero-order valence-corrected chi connectivity index (χ0v) is 12.3. The molecule has 21 heavy (non-hydrogen) atoms. The van der Waals surface area contributed by atoms with Crippen LogP contribution in [0.2, 0.25) is 0 Å². The van der Waals surface area contributed by atoms with E-state index in [1.165, 1.54) is 0 Å². The Labute approximate surface area is 125 Å². The predicted molar refractivity (Wildman–Crippen MR) is 82.2 cm³/mol. The molecule has 0 unspecified atom stereocenters. The minimum atomic E-state index is -0.700. The fraction of sp³-hybridized carbons (Fsp3) is 0.533. The molecule has 0 aliphatic carbocycles. The average Bonchev–Trinajstić information content (AvgIpc) is 2.49. The number of hydrogen-bond donors (Lipinski definition) is 4. The summed E-state index contributed by atoms with van der Waals surface area (Å²) in [6.45, 7) is 0.825. The minimum Gasteiger partial charge on any atom is -0.481 e. The number of anilines is 1. The second-order valence-corrected chi connectivity index (χ2v) is 4.86. The first-order chi connectivity index (χ1) is 10.3. The first-order valence-electron chi connectivity index (χ1n) is 7.45. The van der Waals surface area contributed by atoms with Gasteiger partial charge in [-0.05, 0) is 25.0 Å². The van der Waals surface area contributed by atoms with E-state index in [1.807, 2.05) is 30.3 Å². The Hall–Kier alpha value is -1.63. The van der Waals surface area contributed by atoms with Gasteiger partial charge in [-0.1, -0.05) is 43.9 Å². The van der Waals surface area contributed by atoms with Gasteiger partial charge in [-0.2, -0.15) is 4.94 Å². The van der Waals surface area contributed by atoms with Crippen molar-refractivity contribution < 1.29 is 14.8 Å². The van der Waals surface area contributed by atoms with Gasteiger partial charge < -0.3 is 5.11 Å². The molecular weight excluding hydrogens is 270 g/mol. The molecule has 0 atom stereocenters. The van der Waals surface area contributed by atoms with E-state index in [4.69, 9.17) is 10.0 Å². The third-order valence-corrected chi connectivity index (χ3v) is 3.01. The second kappa shape index (κ2) is 12.1. The van der Waals surface area contributed by atoms with E-state index >= 15 is 0 Å². The van der Waals surface area contributed by atoms with Crippen LogP contribution >= 0.6 is 0 Å². The number of nitrogens with one attached hydrogen (secondary N) is 3. The Morgan fingerprint density at radius 3 is 2.38 bits per heavy atom. The Morgan fingerprint density at radius 1 is 1.00 bits per heavy atom. The number of hydrogen-bond acceptors (Lipinski definition) is 5. The van der Waals surface area contributed by atoms with Crippen LogP contribution in [0.1, 0.15) is 44.9 Å². The van der Waals surface area contributed by atoms with Crippen LogP contribution in [0.15, 0.2) is 30.3 Å². The first kappa shape index (κ1) is 17.4. The molecule has 0 aliphatic rings. The Morgan fingerprint density at radius 2 is 1.67 bits per heavy atom. The summed E-state index contributed by atoms with van der Waals surface area (Å²) in [6, 6.07) is 9.61. The molecule has 118 valence electrons. The topological polar surface area (TPSA) is 82.6 Å². The highest BCUT2D eigenvalue weighted by molar-refractivity contribution is 5.66. The standard InChI is InChI=1S/C15H25N3O3/c19-15(20)12-8-3-1-2-4-9-13-16-18-21-17-14-10-6-5-7-11-14/h5-7,10-11,16-18H,1-4,8-9,12-13H2,(H,19,20). The van der Waals surface area contributed by atoms with Crippen molar-refractivity contribution >= 4 is 11.7 Å². The summed E-state index contributed by atoms with van der Waals surface area (Å²) in [5.74, 6) is -0.700. The quantitative estimate of drug-likeness (QED) is 0.331. The molecule has 1 rings (SSSR count). The van der Waals surface area contributed by atoms with E-state index in [0.29, 0.717) is 0 Å². The zero-order chi connectivity index (χ0) is 15.2. The second-order valence-electron chi connectivity index (χ2n) is 4.86. The predicted octanol–water partition coefficient (Wildman–Crippen LogP) is 2.85. The lowest BCUT2D eigenvalue weighted by Gasteiger charge is -2.08. The number of benzene rings is 1. The molecule has 6 heteroatoms. The number of carboxylic acids is 1. The Kier molecular flexibility index (Phi) is 10.1. The van der Waals surface area contributed by atoms with Gasteiger partial charge in [0, 0.05) is 13.0 Å². The van der Waals surface area contributed by atoms with Crippen LogP contribution in [0, 0.1) is 0 Å². The minimum absolute atomic E-state index is 0.289. The van der Waals surface area contributed by atoms with Crippen molar-refractivity contribution in [1.29, 1.82) is 0 Å². The van der Waals surface area contributed by atoms with E-state index in [2.05, 4.69) is 16.5 Å². The summed E-state index contributed by atoms with van der Waals surface area (Å²) in [7, 11) is 0. The van der Waals surface area contributed by atoms with Crippen molar-refractivity contribution in [1.82, 2.24) is 11.0 Å². The number of aliphatic carboxylic acids is 1. The van der Waals surface area contributed by atoms with E-state index < -0.39 is 5.97 Å². The number of rotatable bonds is 13. The first-order valence-corrected chi connectivity index (χ1v) is 7.45. The Balaban J connectivity index is 1.78. The van der Waals surface area contributed by atoms with Gasteiger partial charge in [0.05, 0.1) is 5.69 Å². The number of carbonyl (C=O) groups is 1. The van der Waals surface area contributed by atoms with E-state index in [0.717, 1.165) is 50.8 Å². The molecule has 0 aromatic heterocycles. The fourth-order valence-electron chi connectivity index (χ4n) is 1.87. The molecule has 0 aliphatic heterocycles. The van der Waals surface area contributed by atoms with Crippen molar-refractivity contribution in [3.8, 4) is 0 Å². The van der Waals surface area contributed by atoms with Gasteiger partial charge in [-0.15, -0.1) is 5.59 Å². The van der Waals surface area contributed by atoms with Crippen LogP contribution in [0.25, 0.3) is 0 Å². The molecule has 0 radical (unpaired) electrons. The molecule has 0 saturated heterocycles. The average molecular weight is 295 g/mol. The summed E-state index contributed by atoms with van der Waals surface area (Å²) in [6.07, 6.45) is 6.51. The highest BCUT2D eigenvalue weighted by Gasteiger charge is 1.96. The van der Waals surface area contributed by atoms with Gasteiger partial charge in [0.1, 0.15) is 0 Å². The van der Waals surface area contributed by atoms with Gasteiger partial charge in [0.15, 0.2) is 0 Å². The maximum Gasteiger partial charge on any atom is 0.303 e. The molecule has 1 aromatic carbocycles. The highest BCUT2D eigenvalue weighted by Crippen LogP contribution is 2.06. The molecule has 0 amide bonds. The van der Waals surface area contributed by atoms with Crippen LogP contribution in [0.3, 0.4) is 0 Å². The van der Waals surface area contributed by atoms with Crippen molar-refractivity contribution in [2.24, 2.45) is 0 Å².